The number of para-hydroxylation sites is 1. The number of nitrogens with zero attached hydrogens (tertiary/aromatic N) is 3. The molecule has 2 aromatic heterocycles. The normalized spacial score (nSPS) is 11.2. The zero-order chi connectivity index (χ0) is 22.5. The summed E-state index contributed by atoms with van der Waals surface area (Å²) in [4.78, 5) is 29.6. The summed E-state index contributed by atoms with van der Waals surface area (Å²) < 4.78 is 6.69. The van der Waals surface area contributed by atoms with Crippen LogP contribution < -0.4 is 15.7 Å². The fraction of sp³-hybridized carbons (Fsp3) is 0.0833. The lowest BCUT2D eigenvalue weighted by molar-refractivity contribution is 0.0954. The first-order valence-corrected chi connectivity index (χ1v) is 9.88. The van der Waals surface area contributed by atoms with Crippen molar-refractivity contribution < 1.29 is 9.53 Å². The maximum Gasteiger partial charge on any atom is 0.281 e. The molecule has 4 aromatic rings. The van der Waals surface area contributed by atoms with Gasteiger partial charge >= 0.3 is 0 Å². The van der Waals surface area contributed by atoms with Crippen molar-refractivity contribution in [3.8, 4) is 22.7 Å². The molecule has 0 atom stereocenters. The Labute approximate surface area is 184 Å². The van der Waals surface area contributed by atoms with Crippen LogP contribution >= 0.6 is 0 Å². The van der Waals surface area contributed by atoms with Gasteiger partial charge in [-0.25, -0.2) is 10.1 Å². The van der Waals surface area contributed by atoms with E-state index in [0.29, 0.717) is 34.0 Å². The van der Waals surface area contributed by atoms with Crippen LogP contribution in [0.3, 0.4) is 0 Å². The van der Waals surface area contributed by atoms with E-state index in [0.717, 1.165) is 5.56 Å². The average Bonchev–Trinajstić information content (AvgIpc) is 3.20. The van der Waals surface area contributed by atoms with Crippen LogP contribution in [0.2, 0.25) is 0 Å². The second-order valence-electron chi connectivity index (χ2n) is 6.95. The first-order chi connectivity index (χ1) is 15.6. The molecule has 32 heavy (non-hydrogen) atoms. The SMILES string of the molecule is COc1ccc(-c2[nH]n(-c3ccccc3)c(=O)c2C(C)=NNC(=O)c2cccnc2)cc1. The van der Waals surface area contributed by atoms with Crippen molar-refractivity contribution in [1.82, 2.24) is 20.2 Å². The lowest BCUT2D eigenvalue weighted by Crippen LogP contribution is -2.23. The zero-order valence-electron chi connectivity index (χ0n) is 17.6. The third kappa shape index (κ3) is 4.20. The topological polar surface area (TPSA) is 101 Å². The molecule has 0 unspecified atom stereocenters. The number of methoxy groups -OCH3 is 1. The molecule has 0 radical (unpaired) electrons. The Balaban J connectivity index is 1.77. The Morgan fingerprint density at radius 2 is 1.81 bits per heavy atom. The van der Waals surface area contributed by atoms with E-state index in [-0.39, 0.29) is 5.56 Å². The third-order valence-corrected chi connectivity index (χ3v) is 4.89. The third-order valence-electron chi connectivity index (χ3n) is 4.89. The minimum absolute atomic E-state index is 0.279. The number of aromatic nitrogens is 3. The van der Waals surface area contributed by atoms with E-state index in [1.165, 1.54) is 10.9 Å². The second-order valence-corrected chi connectivity index (χ2v) is 6.95. The van der Waals surface area contributed by atoms with Crippen LogP contribution in [0.5, 0.6) is 5.75 Å². The second kappa shape index (κ2) is 9.13. The molecule has 1 amide bonds. The summed E-state index contributed by atoms with van der Waals surface area (Å²) in [5.41, 5.74) is 5.35. The van der Waals surface area contributed by atoms with Crippen molar-refractivity contribution in [2.24, 2.45) is 5.10 Å². The van der Waals surface area contributed by atoms with E-state index >= 15 is 0 Å². The maximum absolute atomic E-state index is 13.3. The van der Waals surface area contributed by atoms with Gasteiger partial charge in [-0.1, -0.05) is 18.2 Å². The Bertz CT molecular complexity index is 1310. The minimum atomic E-state index is -0.414. The largest absolute Gasteiger partial charge is 0.497 e. The zero-order valence-corrected chi connectivity index (χ0v) is 17.6. The molecule has 0 saturated carbocycles. The molecular weight excluding hydrogens is 406 g/mol. The van der Waals surface area contributed by atoms with E-state index in [9.17, 15) is 9.59 Å². The highest BCUT2D eigenvalue weighted by Gasteiger charge is 2.20. The van der Waals surface area contributed by atoms with Gasteiger partial charge in [-0.15, -0.1) is 0 Å². The van der Waals surface area contributed by atoms with Gasteiger partial charge in [0.25, 0.3) is 11.5 Å². The monoisotopic (exact) mass is 427 g/mol. The molecule has 0 saturated heterocycles. The standard InChI is InChI=1S/C24H21N5O3/c1-16(26-27-23(30)18-7-6-14-25-15-18)21-22(17-10-12-20(32-2)13-11-17)28-29(24(21)31)19-8-4-3-5-9-19/h3-15,28H,1-2H3,(H,27,30). The molecule has 4 rings (SSSR count). The van der Waals surface area contributed by atoms with Crippen molar-refractivity contribution in [3.05, 3.63) is 101 Å². The molecule has 0 aliphatic heterocycles. The summed E-state index contributed by atoms with van der Waals surface area (Å²) in [6.45, 7) is 1.68. The molecule has 2 N–H and O–H groups in total. The summed E-state index contributed by atoms with van der Waals surface area (Å²) in [5.74, 6) is 0.289. The molecule has 0 spiro atoms. The van der Waals surface area contributed by atoms with E-state index in [2.05, 4.69) is 20.6 Å². The Hall–Kier alpha value is -4.46. The number of amides is 1. The Morgan fingerprint density at radius 1 is 1.06 bits per heavy atom. The predicted molar refractivity (Wildman–Crippen MR) is 122 cm³/mol. The number of carbonyl (C=O) groups is 1. The molecule has 0 bridgehead atoms. The summed E-state index contributed by atoms with van der Waals surface area (Å²) in [5, 5.41) is 7.37. The van der Waals surface area contributed by atoms with Crippen molar-refractivity contribution >= 4 is 11.6 Å². The van der Waals surface area contributed by atoms with Gasteiger partial charge in [-0.05, 0) is 55.5 Å². The van der Waals surface area contributed by atoms with E-state index in [4.69, 9.17) is 4.74 Å². The first-order valence-electron chi connectivity index (χ1n) is 9.88. The molecule has 0 fully saturated rings. The fourth-order valence-electron chi connectivity index (χ4n) is 3.25. The van der Waals surface area contributed by atoms with E-state index in [1.54, 1.807) is 32.4 Å². The molecule has 160 valence electrons. The van der Waals surface area contributed by atoms with Gasteiger partial charge < -0.3 is 4.74 Å². The van der Waals surface area contributed by atoms with Gasteiger partial charge in [-0.2, -0.15) is 5.10 Å². The van der Waals surface area contributed by atoms with Gasteiger partial charge in [0.2, 0.25) is 0 Å². The predicted octanol–water partition coefficient (Wildman–Crippen LogP) is 3.39. The molecule has 2 heterocycles. The number of pyridine rings is 1. The smallest absolute Gasteiger partial charge is 0.281 e. The number of rotatable bonds is 6. The average molecular weight is 427 g/mol. The quantitative estimate of drug-likeness (QED) is 0.364. The molecule has 8 heteroatoms. The summed E-state index contributed by atoms with van der Waals surface area (Å²) in [6.07, 6.45) is 3.03. The minimum Gasteiger partial charge on any atom is -0.497 e. The number of hydrogen-bond acceptors (Lipinski definition) is 5. The number of H-pyrrole nitrogens is 1. The Morgan fingerprint density at radius 3 is 2.47 bits per heavy atom. The highest BCUT2D eigenvalue weighted by atomic mass is 16.5. The number of nitrogens with one attached hydrogen (secondary N) is 2. The van der Waals surface area contributed by atoms with Gasteiger partial charge in [0.1, 0.15) is 5.75 Å². The Kier molecular flexibility index (Phi) is 5.94. The van der Waals surface area contributed by atoms with E-state index < -0.39 is 5.91 Å². The highest BCUT2D eigenvalue weighted by molar-refractivity contribution is 6.04. The summed E-state index contributed by atoms with van der Waals surface area (Å²) in [7, 11) is 1.59. The molecule has 0 aliphatic carbocycles. The number of carbonyl (C=O) groups excluding carboxylic acids is 1. The summed E-state index contributed by atoms with van der Waals surface area (Å²) >= 11 is 0. The number of ether oxygens (including phenoxy) is 1. The van der Waals surface area contributed by atoms with E-state index in [1.807, 2.05) is 54.6 Å². The number of hydrogen-bond donors (Lipinski definition) is 2. The molecule has 2 aromatic carbocycles. The van der Waals surface area contributed by atoms with Crippen molar-refractivity contribution in [2.75, 3.05) is 7.11 Å². The van der Waals surface area contributed by atoms with Crippen LogP contribution in [0.25, 0.3) is 16.9 Å². The van der Waals surface area contributed by atoms with Crippen LogP contribution in [0, 0.1) is 0 Å². The molecule has 0 aliphatic rings. The van der Waals surface area contributed by atoms with Crippen LogP contribution in [0.4, 0.5) is 0 Å². The van der Waals surface area contributed by atoms with Gasteiger partial charge in [0, 0.05) is 18.0 Å². The van der Waals surface area contributed by atoms with Crippen molar-refractivity contribution in [1.29, 1.82) is 0 Å². The lowest BCUT2D eigenvalue weighted by atomic mass is 10.1. The number of aromatic amines is 1. The first kappa shape index (κ1) is 20.8. The highest BCUT2D eigenvalue weighted by Crippen LogP contribution is 2.24. The van der Waals surface area contributed by atoms with Crippen LogP contribution in [-0.2, 0) is 0 Å². The summed E-state index contributed by atoms with van der Waals surface area (Å²) in [6, 6.07) is 19.9. The number of benzene rings is 2. The van der Waals surface area contributed by atoms with Gasteiger partial charge in [-0.3, -0.25) is 19.7 Å². The van der Waals surface area contributed by atoms with Crippen molar-refractivity contribution in [2.45, 2.75) is 6.92 Å². The van der Waals surface area contributed by atoms with Crippen LogP contribution in [0.15, 0.2) is 89.0 Å². The van der Waals surface area contributed by atoms with Gasteiger partial charge in [0.15, 0.2) is 0 Å². The molecular formula is C24H21N5O3. The lowest BCUT2D eigenvalue weighted by Gasteiger charge is -2.05. The maximum atomic E-state index is 13.3. The van der Waals surface area contributed by atoms with Crippen LogP contribution in [0.1, 0.15) is 22.8 Å². The fourth-order valence-corrected chi connectivity index (χ4v) is 3.25. The van der Waals surface area contributed by atoms with Crippen LogP contribution in [-0.4, -0.2) is 33.5 Å². The van der Waals surface area contributed by atoms with Gasteiger partial charge in [0.05, 0.1) is 35.3 Å². The molecule has 8 nitrogen and oxygen atoms in total. The number of hydrazone groups is 1. The van der Waals surface area contributed by atoms with Crippen molar-refractivity contribution in [3.63, 3.8) is 0 Å².